The fourth-order valence-electron chi connectivity index (χ4n) is 0.730. The van der Waals surface area contributed by atoms with Gasteiger partial charge in [-0.15, -0.1) is 0 Å². The molecule has 0 atom stereocenters. The molecule has 5 nitrogen and oxygen atoms in total. The zero-order valence-electron chi connectivity index (χ0n) is 7.85. The lowest BCUT2D eigenvalue weighted by Crippen LogP contribution is -2.28. The summed E-state index contributed by atoms with van der Waals surface area (Å²) in [6.07, 6.45) is 2.01. The lowest BCUT2D eigenvalue weighted by molar-refractivity contribution is -0.0500. The number of methoxy groups -OCH3 is 1. The molecule has 0 bridgehead atoms. The van der Waals surface area contributed by atoms with Gasteiger partial charge in [-0.1, -0.05) is 0 Å². The Labute approximate surface area is 88.9 Å². The van der Waals surface area contributed by atoms with E-state index in [0.717, 1.165) is 12.3 Å². The molecule has 0 fully saturated rings. The topological polar surface area (TPSA) is 65.5 Å². The third-order valence-electron chi connectivity index (χ3n) is 1.41. The quantitative estimate of drug-likeness (QED) is 0.603. The number of pyridine rings is 1. The molecule has 0 aliphatic carbocycles. The van der Waals surface area contributed by atoms with E-state index in [1.165, 1.54) is 13.3 Å². The minimum absolute atomic E-state index is 0.0786. The molecule has 0 amide bonds. The average Bonchev–Trinajstić information content (AvgIpc) is 2.15. The Morgan fingerprint density at radius 2 is 1.81 bits per heavy atom. The van der Waals surface area contributed by atoms with Crippen molar-refractivity contribution in [1.29, 1.82) is 0 Å². The molecule has 0 aliphatic heterocycles. The number of nitrogens with zero attached hydrogens (tertiary/aromatic N) is 1. The monoisotopic (exact) mass is 257 g/mol. The van der Waals surface area contributed by atoms with Crippen molar-refractivity contribution in [2.24, 2.45) is 0 Å². The van der Waals surface area contributed by atoms with E-state index in [9.17, 15) is 21.6 Å². The van der Waals surface area contributed by atoms with Gasteiger partial charge in [0.2, 0.25) is 0 Å². The second-order valence-electron chi connectivity index (χ2n) is 2.54. The van der Waals surface area contributed by atoms with Crippen LogP contribution in [0.15, 0.2) is 18.5 Å². The minimum atomic E-state index is -5.67. The van der Waals surface area contributed by atoms with Crippen molar-refractivity contribution in [3.8, 4) is 11.5 Å². The summed E-state index contributed by atoms with van der Waals surface area (Å²) in [5.41, 5.74) is -5.48. The molecule has 1 aromatic heterocycles. The summed E-state index contributed by atoms with van der Waals surface area (Å²) in [4.78, 5) is 3.44. The number of ether oxygens (including phenoxy) is 1. The second-order valence-corrected chi connectivity index (χ2v) is 4.08. The van der Waals surface area contributed by atoms with E-state index in [4.69, 9.17) is 0 Å². The van der Waals surface area contributed by atoms with Crippen LogP contribution >= 0.6 is 0 Å². The lowest BCUT2D eigenvalue weighted by Gasteiger charge is -2.09. The molecule has 0 saturated carbocycles. The van der Waals surface area contributed by atoms with Crippen molar-refractivity contribution in [1.82, 2.24) is 4.98 Å². The van der Waals surface area contributed by atoms with Crippen LogP contribution in [-0.4, -0.2) is 26.0 Å². The summed E-state index contributed by atoms with van der Waals surface area (Å²) in [6, 6.07) is 0.969. The van der Waals surface area contributed by atoms with Gasteiger partial charge in [0, 0.05) is 6.07 Å². The molecule has 16 heavy (non-hydrogen) atoms. The highest BCUT2D eigenvalue weighted by molar-refractivity contribution is 7.87. The summed E-state index contributed by atoms with van der Waals surface area (Å²) in [5.74, 6) is -0.494. The predicted molar refractivity (Wildman–Crippen MR) is 46.4 cm³/mol. The molecule has 0 N–H and O–H groups in total. The lowest BCUT2D eigenvalue weighted by atomic mass is 10.4. The first-order chi connectivity index (χ1) is 7.26. The fourth-order valence-corrected chi connectivity index (χ4v) is 1.17. The highest BCUT2D eigenvalue weighted by atomic mass is 32.2. The molecule has 1 heterocycles. The summed E-state index contributed by atoms with van der Waals surface area (Å²) in [6.45, 7) is 0. The van der Waals surface area contributed by atoms with Gasteiger partial charge < -0.3 is 8.92 Å². The van der Waals surface area contributed by atoms with E-state index in [2.05, 4.69) is 13.9 Å². The number of aromatic nitrogens is 1. The normalized spacial score (nSPS) is 12.2. The van der Waals surface area contributed by atoms with Gasteiger partial charge in [0.1, 0.15) is 5.75 Å². The molecule has 1 aromatic rings. The van der Waals surface area contributed by atoms with E-state index < -0.39 is 21.4 Å². The average molecular weight is 257 g/mol. The van der Waals surface area contributed by atoms with Gasteiger partial charge in [-0.2, -0.15) is 21.6 Å². The van der Waals surface area contributed by atoms with Crippen molar-refractivity contribution in [2.45, 2.75) is 5.51 Å². The van der Waals surface area contributed by atoms with Gasteiger partial charge in [0.05, 0.1) is 19.5 Å². The molecule has 0 saturated heterocycles. The van der Waals surface area contributed by atoms with Crippen LogP contribution < -0.4 is 8.92 Å². The SMILES string of the molecule is COc1cncc(OS(=O)(=O)C(F)(F)F)c1. The maximum absolute atomic E-state index is 11.9. The fraction of sp³-hybridized carbons (Fsp3) is 0.286. The number of alkyl halides is 3. The Kier molecular flexibility index (Phi) is 3.27. The Balaban J connectivity index is 2.97. The molecule has 0 aliphatic rings. The number of hydrogen-bond donors (Lipinski definition) is 0. The molecule has 9 heteroatoms. The highest BCUT2D eigenvalue weighted by Crippen LogP contribution is 2.27. The van der Waals surface area contributed by atoms with Crippen LogP contribution in [0.25, 0.3) is 0 Å². The summed E-state index contributed by atoms with van der Waals surface area (Å²) < 4.78 is 65.5. The number of hydrogen-bond acceptors (Lipinski definition) is 5. The molecular formula is C7H6F3NO4S. The van der Waals surface area contributed by atoms with Crippen molar-refractivity contribution < 1.29 is 30.5 Å². The van der Waals surface area contributed by atoms with E-state index in [1.54, 1.807) is 0 Å². The molecule has 90 valence electrons. The summed E-state index contributed by atoms with van der Waals surface area (Å²) in [7, 11) is -4.42. The Hall–Kier alpha value is -1.51. The first-order valence-electron chi connectivity index (χ1n) is 3.76. The number of halogens is 3. The molecular weight excluding hydrogens is 251 g/mol. The van der Waals surface area contributed by atoms with Gasteiger partial charge in [-0.25, -0.2) is 0 Å². The summed E-state index contributed by atoms with van der Waals surface area (Å²) >= 11 is 0. The van der Waals surface area contributed by atoms with E-state index >= 15 is 0 Å². The Morgan fingerprint density at radius 1 is 1.25 bits per heavy atom. The van der Waals surface area contributed by atoms with Crippen LogP contribution in [0, 0.1) is 0 Å². The van der Waals surface area contributed by atoms with Gasteiger partial charge in [0.15, 0.2) is 5.75 Å². The van der Waals surface area contributed by atoms with Crippen molar-refractivity contribution in [3.05, 3.63) is 18.5 Å². The molecule has 0 aromatic carbocycles. The van der Waals surface area contributed by atoms with Crippen LogP contribution in [-0.2, 0) is 10.1 Å². The van der Waals surface area contributed by atoms with Gasteiger partial charge in [-0.05, 0) is 0 Å². The molecule has 0 radical (unpaired) electrons. The standard InChI is InChI=1S/C7H6F3NO4S/c1-14-5-2-6(4-11-3-5)15-16(12,13)7(8,9)10/h2-4H,1H3. The molecule has 0 unspecified atom stereocenters. The largest absolute Gasteiger partial charge is 0.534 e. The van der Waals surface area contributed by atoms with Crippen LogP contribution in [0.4, 0.5) is 13.2 Å². The smallest absolute Gasteiger partial charge is 0.495 e. The highest BCUT2D eigenvalue weighted by Gasteiger charge is 2.48. The van der Waals surface area contributed by atoms with Gasteiger partial charge >= 0.3 is 15.6 Å². The van der Waals surface area contributed by atoms with Crippen LogP contribution in [0.5, 0.6) is 11.5 Å². The molecule has 0 spiro atoms. The van der Waals surface area contributed by atoms with Crippen LogP contribution in [0.1, 0.15) is 0 Å². The van der Waals surface area contributed by atoms with E-state index in [1.807, 2.05) is 0 Å². The minimum Gasteiger partial charge on any atom is -0.495 e. The van der Waals surface area contributed by atoms with Gasteiger partial charge in [0.25, 0.3) is 0 Å². The van der Waals surface area contributed by atoms with Crippen molar-refractivity contribution in [3.63, 3.8) is 0 Å². The molecule has 1 rings (SSSR count). The Bertz CT molecular complexity index is 471. The van der Waals surface area contributed by atoms with Crippen molar-refractivity contribution >= 4 is 10.1 Å². The van der Waals surface area contributed by atoms with E-state index in [-0.39, 0.29) is 5.75 Å². The zero-order valence-corrected chi connectivity index (χ0v) is 8.67. The van der Waals surface area contributed by atoms with Crippen LogP contribution in [0.3, 0.4) is 0 Å². The zero-order chi connectivity index (χ0) is 12.4. The maximum Gasteiger partial charge on any atom is 0.534 e. The second kappa shape index (κ2) is 4.16. The van der Waals surface area contributed by atoms with Gasteiger partial charge in [-0.3, -0.25) is 4.98 Å². The first kappa shape index (κ1) is 12.6. The van der Waals surface area contributed by atoms with Crippen LogP contribution in [0.2, 0.25) is 0 Å². The van der Waals surface area contributed by atoms with E-state index in [0.29, 0.717) is 0 Å². The summed E-state index contributed by atoms with van der Waals surface area (Å²) in [5, 5.41) is 0. The first-order valence-corrected chi connectivity index (χ1v) is 5.17. The number of rotatable bonds is 3. The third-order valence-corrected chi connectivity index (χ3v) is 2.39. The Morgan fingerprint density at radius 3 is 2.31 bits per heavy atom. The maximum atomic E-state index is 11.9. The third kappa shape index (κ3) is 2.75. The van der Waals surface area contributed by atoms with Crippen molar-refractivity contribution in [2.75, 3.05) is 7.11 Å². The predicted octanol–water partition coefficient (Wildman–Crippen LogP) is 1.32.